The van der Waals surface area contributed by atoms with Gasteiger partial charge in [0.2, 0.25) is 6.17 Å². The first-order valence-corrected chi connectivity index (χ1v) is 3.97. The predicted molar refractivity (Wildman–Crippen MR) is 48.6 cm³/mol. The molecule has 0 radical (unpaired) electrons. The Balaban J connectivity index is 2.33. The highest BCUT2D eigenvalue weighted by molar-refractivity contribution is 5.16. The van der Waals surface area contributed by atoms with Crippen LogP contribution in [0.15, 0.2) is 34.3 Å². The van der Waals surface area contributed by atoms with Crippen molar-refractivity contribution in [3.63, 3.8) is 0 Å². The average molecular weight is 166 g/mol. The molecule has 0 spiro atoms. The zero-order valence-corrected chi connectivity index (χ0v) is 7.41. The summed E-state index contributed by atoms with van der Waals surface area (Å²) in [5.41, 5.74) is 1.20. The SMILES string of the molecule is CN/C=C(/C/C=C/NC)C1N=N1. The van der Waals surface area contributed by atoms with Crippen LogP contribution in [0.5, 0.6) is 0 Å². The maximum Gasteiger partial charge on any atom is 0.204 e. The van der Waals surface area contributed by atoms with Gasteiger partial charge in [-0.15, -0.1) is 0 Å². The van der Waals surface area contributed by atoms with Crippen molar-refractivity contribution in [3.05, 3.63) is 24.0 Å². The lowest BCUT2D eigenvalue weighted by Crippen LogP contribution is -2.01. The van der Waals surface area contributed by atoms with Gasteiger partial charge in [-0.1, -0.05) is 6.08 Å². The maximum atomic E-state index is 3.86. The fraction of sp³-hybridized carbons (Fsp3) is 0.500. The largest absolute Gasteiger partial charge is 0.394 e. The van der Waals surface area contributed by atoms with Gasteiger partial charge in [0.1, 0.15) is 0 Å². The molecular weight excluding hydrogens is 152 g/mol. The van der Waals surface area contributed by atoms with Crippen molar-refractivity contribution >= 4 is 0 Å². The number of nitrogens with one attached hydrogen (secondary N) is 2. The molecule has 12 heavy (non-hydrogen) atoms. The van der Waals surface area contributed by atoms with E-state index in [0.29, 0.717) is 0 Å². The third-order valence-corrected chi connectivity index (χ3v) is 1.53. The van der Waals surface area contributed by atoms with Crippen molar-refractivity contribution in [2.75, 3.05) is 14.1 Å². The molecule has 66 valence electrons. The van der Waals surface area contributed by atoms with Gasteiger partial charge in [-0.25, -0.2) is 0 Å². The van der Waals surface area contributed by atoms with Crippen LogP contribution in [0, 0.1) is 0 Å². The number of hydrogen-bond acceptors (Lipinski definition) is 4. The molecule has 0 aliphatic carbocycles. The number of allylic oxidation sites excluding steroid dienone is 1. The third-order valence-electron chi connectivity index (χ3n) is 1.53. The molecule has 4 nitrogen and oxygen atoms in total. The van der Waals surface area contributed by atoms with E-state index < -0.39 is 0 Å². The number of hydrogen-bond donors (Lipinski definition) is 2. The zero-order chi connectivity index (χ0) is 8.81. The molecule has 1 aliphatic rings. The van der Waals surface area contributed by atoms with Crippen LogP contribution in [0.3, 0.4) is 0 Å². The summed E-state index contributed by atoms with van der Waals surface area (Å²) in [5.74, 6) is 0. The molecule has 1 aliphatic heterocycles. The standard InChI is InChI=1S/C8H14N4/c1-9-5-3-4-7(6-10-2)8-11-12-8/h3,5-6,8-10H,4H2,1-2H3/b5-3+,7-6-. The quantitative estimate of drug-likeness (QED) is 0.640. The minimum Gasteiger partial charge on any atom is -0.394 e. The number of rotatable bonds is 5. The molecule has 2 N–H and O–H groups in total. The molecule has 0 saturated heterocycles. The van der Waals surface area contributed by atoms with E-state index in [-0.39, 0.29) is 6.17 Å². The maximum absolute atomic E-state index is 3.86. The van der Waals surface area contributed by atoms with Gasteiger partial charge >= 0.3 is 0 Å². The fourth-order valence-electron chi connectivity index (χ4n) is 0.919. The molecule has 0 fully saturated rings. The third kappa shape index (κ3) is 2.74. The van der Waals surface area contributed by atoms with Crippen LogP contribution in [0.4, 0.5) is 0 Å². The minimum absolute atomic E-state index is 0.110. The van der Waals surface area contributed by atoms with Crippen molar-refractivity contribution in [2.45, 2.75) is 12.6 Å². The molecule has 0 bridgehead atoms. The van der Waals surface area contributed by atoms with Crippen LogP contribution in [-0.2, 0) is 0 Å². The molecule has 0 aromatic rings. The Kier molecular flexibility index (Phi) is 3.32. The van der Waals surface area contributed by atoms with Crippen molar-refractivity contribution in [2.24, 2.45) is 10.2 Å². The summed E-state index contributed by atoms with van der Waals surface area (Å²) in [5, 5.41) is 13.6. The van der Waals surface area contributed by atoms with E-state index in [4.69, 9.17) is 0 Å². The highest BCUT2D eigenvalue weighted by atomic mass is 15.4. The van der Waals surface area contributed by atoms with Gasteiger partial charge in [0.25, 0.3) is 0 Å². The zero-order valence-electron chi connectivity index (χ0n) is 7.41. The molecule has 0 amide bonds. The second-order valence-electron chi connectivity index (χ2n) is 2.51. The van der Waals surface area contributed by atoms with Gasteiger partial charge in [0, 0.05) is 14.1 Å². The molecule has 1 heterocycles. The average Bonchev–Trinajstić information content (AvgIpc) is 2.86. The van der Waals surface area contributed by atoms with Gasteiger partial charge in [0.05, 0.1) is 0 Å². The van der Waals surface area contributed by atoms with Gasteiger partial charge in [-0.3, -0.25) is 0 Å². The van der Waals surface area contributed by atoms with Crippen molar-refractivity contribution in [3.8, 4) is 0 Å². The summed E-state index contributed by atoms with van der Waals surface area (Å²) in [6.07, 6.45) is 6.90. The van der Waals surface area contributed by atoms with Crippen LogP contribution in [0.1, 0.15) is 6.42 Å². The number of nitrogens with zero attached hydrogens (tertiary/aromatic N) is 2. The molecule has 1 rings (SSSR count). The lowest BCUT2D eigenvalue weighted by molar-refractivity contribution is 0.952. The first kappa shape index (κ1) is 8.77. The van der Waals surface area contributed by atoms with Crippen molar-refractivity contribution in [1.82, 2.24) is 10.6 Å². The van der Waals surface area contributed by atoms with Gasteiger partial charge in [-0.05, 0) is 24.4 Å². The second-order valence-corrected chi connectivity index (χ2v) is 2.51. The molecule has 0 unspecified atom stereocenters. The van der Waals surface area contributed by atoms with Gasteiger partial charge in [-0.2, -0.15) is 10.2 Å². The summed E-state index contributed by atoms with van der Waals surface area (Å²) >= 11 is 0. The van der Waals surface area contributed by atoms with E-state index in [1.54, 1.807) is 0 Å². The Hall–Kier alpha value is -1.32. The van der Waals surface area contributed by atoms with Crippen molar-refractivity contribution < 1.29 is 0 Å². The highest BCUT2D eigenvalue weighted by Crippen LogP contribution is 2.22. The fourth-order valence-corrected chi connectivity index (χ4v) is 0.919. The summed E-state index contributed by atoms with van der Waals surface area (Å²) in [6, 6.07) is 0. The second kappa shape index (κ2) is 4.54. The summed E-state index contributed by atoms with van der Waals surface area (Å²) < 4.78 is 0. The first-order valence-electron chi connectivity index (χ1n) is 3.97. The highest BCUT2D eigenvalue weighted by Gasteiger charge is 2.19. The lowest BCUT2D eigenvalue weighted by Gasteiger charge is -1.98. The van der Waals surface area contributed by atoms with E-state index in [1.807, 2.05) is 32.6 Å². The van der Waals surface area contributed by atoms with Crippen molar-refractivity contribution in [1.29, 1.82) is 0 Å². The molecule has 4 heteroatoms. The Morgan fingerprint density at radius 2 is 2.08 bits per heavy atom. The lowest BCUT2D eigenvalue weighted by atomic mass is 10.2. The molecule has 0 saturated carbocycles. The van der Waals surface area contributed by atoms with Crippen LogP contribution in [-0.4, -0.2) is 20.3 Å². The van der Waals surface area contributed by atoms with Crippen LogP contribution in [0.2, 0.25) is 0 Å². The van der Waals surface area contributed by atoms with E-state index in [9.17, 15) is 0 Å². The van der Waals surface area contributed by atoms with Crippen LogP contribution < -0.4 is 10.6 Å². The van der Waals surface area contributed by atoms with Crippen LogP contribution >= 0.6 is 0 Å². The smallest absolute Gasteiger partial charge is 0.204 e. The Labute approximate surface area is 72.5 Å². The predicted octanol–water partition coefficient (Wildman–Crippen LogP) is 1.00. The minimum atomic E-state index is 0.110. The van der Waals surface area contributed by atoms with E-state index in [2.05, 4.69) is 20.9 Å². The van der Waals surface area contributed by atoms with Gasteiger partial charge < -0.3 is 10.6 Å². The summed E-state index contributed by atoms with van der Waals surface area (Å²) in [7, 11) is 3.76. The van der Waals surface area contributed by atoms with E-state index >= 15 is 0 Å². The molecule has 0 aromatic heterocycles. The Morgan fingerprint density at radius 3 is 2.58 bits per heavy atom. The monoisotopic (exact) mass is 166 g/mol. The van der Waals surface area contributed by atoms with E-state index in [1.165, 1.54) is 5.57 Å². The van der Waals surface area contributed by atoms with Gasteiger partial charge in [0.15, 0.2) is 0 Å². The Bertz CT molecular complexity index is 211. The molecule has 0 atom stereocenters. The summed E-state index contributed by atoms with van der Waals surface area (Å²) in [4.78, 5) is 0. The van der Waals surface area contributed by atoms with E-state index in [0.717, 1.165) is 6.42 Å². The topological polar surface area (TPSA) is 48.8 Å². The van der Waals surface area contributed by atoms with Crippen LogP contribution in [0.25, 0.3) is 0 Å². The first-order chi connectivity index (χ1) is 5.88. The normalized spacial score (nSPS) is 17.0. The molecule has 0 aromatic carbocycles. The molecular formula is C8H14N4. The Morgan fingerprint density at radius 1 is 1.33 bits per heavy atom. The summed E-state index contributed by atoms with van der Waals surface area (Å²) in [6.45, 7) is 0.